The van der Waals surface area contributed by atoms with E-state index in [1.165, 1.54) is 6.07 Å². The Hall–Kier alpha value is -1.88. The molecule has 0 amide bonds. The first kappa shape index (κ1) is 13.5. The van der Waals surface area contributed by atoms with Gasteiger partial charge in [-0.15, -0.1) is 0 Å². The number of fused-ring (bicyclic) bond motifs is 1. The number of aromatic nitrogens is 1. The fraction of sp³-hybridized carbons (Fsp3) is 0.429. The van der Waals surface area contributed by atoms with Crippen LogP contribution in [0.3, 0.4) is 0 Å². The monoisotopic (exact) mass is 262 g/mol. The molecule has 0 aliphatic heterocycles. The predicted molar refractivity (Wildman–Crippen MR) is 74.2 cm³/mol. The first-order chi connectivity index (χ1) is 9.08. The lowest BCUT2D eigenvalue weighted by Gasteiger charge is -2.08. The largest absolute Gasteiger partial charge is 0.379 e. The van der Waals surface area contributed by atoms with E-state index in [2.05, 4.69) is 13.8 Å². The highest BCUT2D eigenvalue weighted by atomic mass is 16.6. The highest BCUT2D eigenvalue weighted by molar-refractivity contribution is 5.82. The van der Waals surface area contributed by atoms with Crippen LogP contribution in [-0.4, -0.2) is 22.7 Å². The number of non-ortho nitro benzene ring substituents is 1. The molecule has 2 aromatic rings. The Balaban J connectivity index is 2.10. The third kappa shape index (κ3) is 3.32. The molecule has 1 aromatic carbocycles. The molecular formula is C14H18N2O3. The number of rotatable bonds is 6. The van der Waals surface area contributed by atoms with Gasteiger partial charge in [0.2, 0.25) is 0 Å². The SMILES string of the molecule is CC(C)COCCn1ccc2ccc([N+](=O)[O-])cc21. The van der Waals surface area contributed by atoms with Gasteiger partial charge in [0.25, 0.3) is 5.69 Å². The fourth-order valence-electron chi connectivity index (χ4n) is 1.96. The van der Waals surface area contributed by atoms with Crippen molar-refractivity contribution in [3.63, 3.8) is 0 Å². The molecule has 0 saturated heterocycles. The van der Waals surface area contributed by atoms with Gasteiger partial charge in [-0.25, -0.2) is 0 Å². The van der Waals surface area contributed by atoms with Crippen LogP contribution in [0.25, 0.3) is 10.9 Å². The Bertz CT molecular complexity index is 575. The maximum absolute atomic E-state index is 10.8. The third-order valence-electron chi connectivity index (χ3n) is 2.90. The first-order valence-corrected chi connectivity index (χ1v) is 6.39. The first-order valence-electron chi connectivity index (χ1n) is 6.39. The second-order valence-corrected chi connectivity index (χ2v) is 4.98. The molecular weight excluding hydrogens is 244 g/mol. The van der Waals surface area contributed by atoms with Crippen molar-refractivity contribution >= 4 is 16.6 Å². The number of hydrogen-bond donors (Lipinski definition) is 0. The molecule has 0 spiro atoms. The summed E-state index contributed by atoms with van der Waals surface area (Å²) in [5.41, 5.74) is 0.998. The zero-order chi connectivity index (χ0) is 13.8. The van der Waals surface area contributed by atoms with Gasteiger partial charge < -0.3 is 9.30 Å². The van der Waals surface area contributed by atoms with Crippen LogP contribution < -0.4 is 0 Å². The van der Waals surface area contributed by atoms with Gasteiger partial charge in [-0.3, -0.25) is 10.1 Å². The number of hydrogen-bond acceptors (Lipinski definition) is 3. The van der Waals surface area contributed by atoms with Crippen molar-refractivity contribution in [2.24, 2.45) is 5.92 Å². The number of benzene rings is 1. The molecule has 0 unspecified atom stereocenters. The zero-order valence-corrected chi connectivity index (χ0v) is 11.2. The van der Waals surface area contributed by atoms with E-state index in [-0.39, 0.29) is 10.6 Å². The van der Waals surface area contributed by atoms with E-state index in [4.69, 9.17) is 4.74 Å². The molecule has 5 nitrogen and oxygen atoms in total. The second-order valence-electron chi connectivity index (χ2n) is 4.98. The van der Waals surface area contributed by atoms with Crippen LogP contribution in [0.15, 0.2) is 30.5 Å². The van der Waals surface area contributed by atoms with Crippen LogP contribution in [0, 0.1) is 16.0 Å². The summed E-state index contributed by atoms with van der Waals surface area (Å²) in [6, 6.07) is 6.88. The molecule has 0 radical (unpaired) electrons. The molecule has 1 aromatic heterocycles. The van der Waals surface area contributed by atoms with Crippen molar-refractivity contribution in [2.75, 3.05) is 13.2 Å². The minimum atomic E-state index is -0.369. The van der Waals surface area contributed by atoms with Crippen molar-refractivity contribution in [3.05, 3.63) is 40.6 Å². The number of nitrogens with zero attached hydrogens (tertiary/aromatic N) is 2. The van der Waals surface area contributed by atoms with Crippen molar-refractivity contribution in [1.82, 2.24) is 4.57 Å². The predicted octanol–water partition coefficient (Wildman–Crippen LogP) is 3.22. The summed E-state index contributed by atoms with van der Waals surface area (Å²) in [6.07, 6.45) is 1.94. The Morgan fingerprint density at radius 3 is 2.84 bits per heavy atom. The molecule has 1 heterocycles. The van der Waals surface area contributed by atoms with Crippen LogP contribution in [0.4, 0.5) is 5.69 Å². The summed E-state index contributed by atoms with van der Waals surface area (Å²) in [6.45, 7) is 6.27. The third-order valence-corrected chi connectivity index (χ3v) is 2.90. The molecule has 0 saturated carbocycles. The molecule has 19 heavy (non-hydrogen) atoms. The summed E-state index contributed by atoms with van der Waals surface area (Å²) >= 11 is 0. The van der Waals surface area contributed by atoms with Gasteiger partial charge in [0.15, 0.2) is 0 Å². The maximum Gasteiger partial charge on any atom is 0.271 e. The van der Waals surface area contributed by atoms with Gasteiger partial charge in [-0.1, -0.05) is 13.8 Å². The highest BCUT2D eigenvalue weighted by Gasteiger charge is 2.09. The van der Waals surface area contributed by atoms with Crippen LogP contribution in [0.5, 0.6) is 0 Å². The van der Waals surface area contributed by atoms with E-state index >= 15 is 0 Å². The fourth-order valence-corrected chi connectivity index (χ4v) is 1.96. The van der Waals surface area contributed by atoms with E-state index < -0.39 is 0 Å². The van der Waals surface area contributed by atoms with Crippen LogP contribution in [-0.2, 0) is 11.3 Å². The molecule has 5 heteroatoms. The normalized spacial score (nSPS) is 11.3. The van der Waals surface area contributed by atoms with Gasteiger partial charge in [0, 0.05) is 36.9 Å². The average Bonchev–Trinajstić information content (AvgIpc) is 2.76. The summed E-state index contributed by atoms with van der Waals surface area (Å²) in [7, 11) is 0. The van der Waals surface area contributed by atoms with Crippen LogP contribution in [0.2, 0.25) is 0 Å². The average molecular weight is 262 g/mol. The minimum absolute atomic E-state index is 0.121. The molecule has 0 bridgehead atoms. The number of ether oxygens (including phenoxy) is 1. The Labute approximate surface area is 111 Å². The molecule has 0 aliphatic rings. The van der Waals surface area contributed by atoms with Crippen molar-refractivity contribution in [3.8, 4) is 0 Å². The van der Waals surface area contributed by atoms with Gasteiger partial charge in [0.1, 0.15) is 0 Å². The van der Waals surface area contributed by atoms with Gasteiger partial charge in [-0.05, 0) is 18.1 Å². The van der Waals surface area contributed by atoms with Gasteiger partial charge >= 0.3 is 0 Å². The standard InChI is InChI=1S/C14H18N2O3/c1-11(2)10-19-8-7-15-6-5-12-3-4-13(16(17)18)9-14(12)15/h3-6,9,11H,7-8,10H2,1-2H3. The van der Waals surface area contributed by atoms with Crippen LogP contribution in [0.1, 0.15) is 13.8 Å². The lowest BCUT2D eigenvalue weighted by molar-refractivity contribution is -0.384. The summed E-state index contributed by atoms with van der Waals surface area (Å²) < 4.78 is 7.53. The van der Waals surface area contributed by atoms with Crippen molar-refractivity contribution < 1.29 is 9.66 Å². The summed E-state index contributed by atoms with van der Waals surface area (Å²) in [5.74, 6) is 0.516. The summed E-state index contributed by atoms with van der Waals surface area (Å²) in [4.78, 5) is 10.4. The molecule has 0 N–H and O–H groups in total. The molecule has 0 aliphatic carbocycles. The topological polar surface area (TPSA) is 57.3 Å². The maximum atomic E-state index is 10.8. The van der Waals surface area contributed by atoms with E-state index in [1.54, 1.807) is 12.1 Å². The van der Waals surface area contributed by atoms with Gasteiger partial charge in [0.05, 0.1) is 17.0 Å². The minimum Gasteiger partial charge on any atom is -0.379 e. The molecule has 2 rings (SSSR count). The molecule has 102 valence electrons. The Morgan fingerprint density at radius 1 is 1.37 bits per heavy atom. The van der Waals surface area contributed by atoms with E-state index in [0.717, 1.165) is 17.5 Å². The smallest absolute Gasteiger partial charge is 0.271 e. The lowest BCUT2D eigenvalue weighted by Crippen LogP contribution is -2.08. The quantitative estimate of drug-likeness (QED) is 0.456. The molecule has 0 fully saturated rings. The highest BCUT2D eigenvalue weighted by Crippen LogP contribution is 2.21. The zero-order valence-electron chi connectivity index (χ0n) is 11.2. The van der Waals surface area contributed by atoms with Crippen LogP contribution >= 0.6 is 0 Å². The molecule has 0 atom stereocenters. The lowest BCUT2D eigenvalue weighted by atomic mass is 10.2. The van der Waals surface area contributed by atoms with Gasteiger partial charge in [-0.2, -0.15) is 0 Å². The van der Waals surface area contributed by atoms with E-state index in [1.807, 2.05) is 16.8 Å². The number of nitro groups is 1. The van der Waals surface area contributed by atoms with E-state index in [9.17, 15) is 10.1 Å². The Kier molecular flexibility index (Phi) is 4.16. The van der Waals surface area contributed by atoms with Crippen molar-refractivity contribution in [2.45, 2.75) is 20.4 Å². The van der Waals surface area contributed by atoms with E-state index in [0.29, 0.717) is 19.1 Å². The van der Waals surface area contributed by atoms with Crippen molar-refractivity contribution in [1.29, 1.82) is 0 Å². The number of nitro benzene ring substituents is 1. The summed E-state index contributed by atoms with van der Waals surface area (Å²) in [5, 5.41) is 11.8. The Morgan fingerprint density at radius 2 is 2.16 bits per heavy atom. The second kappa shape index (κ2) is 5.84.